The summed E-state index contributed by atoms with van der Waals surface area (Å²) in [7, 11) is 3.27. The van der Waals surface area contributed by atoms with Gasteiger partial charge in [0.05, 0.1) is 20.3 Å². The Labute approximate surface area is 164 Å². The highest BCUT2D eigenvalue weighted by Crippen LogP contribution is 2.32. The normalized spacial score (nSPS) is 22.6. The fourth-order valence-electron chi connectivity index (χ4n) is 4.38. The van der Waals surface area contributed by atoms with Crippen molar-refractivity contribution < 1.29 is 23.8 Å². The van der Waals surface area contributed by atoms with Crippen LogP contribution in [0.3, 0.4) is 0 Å². The number of rotatable bonds is 3. The maximum atomic E-state index is 12.9. The number of carbonyl (C=O) groups excluding carboxylic acids is 2. The topological polar surface area (TPSA) is 86.1 Å². The molecule has 0 N–H and O–H groups in total. The summed E-state index contributed by atoms with van der Waals surface area (Å²) < 4.78 is 18.2. The summed E-state index contributed by atoms with van der Waals surface area (Å²) in [6.07, 6.45) is 4.51. The van der Waals surface area contributed by atoms with Gasteiger partial charge in [0.25, 0.3) is 5.91 Å². The summed E-state index contributed by atoms with van der Waals surface area (Å²) in [5.41, 5.74) is 0.465. The molecule has 0 unspecified atom stereocenters. The first-order valence-electron chi connectivity index (χ1n) is 9.95. The van der Waals surface area contributed by atoms with Crippen molar-refractivity contribution in [2.24, 2.45) is 13.0 Å². The van der Waals surface area contributed by atoms with Crippen molar-refractivity contribution in [3.8, 4) is 5.88 Å². The first-order valence-corrected chi connectivity index (χ1v) is 9.95. The van der Waals surface area contributed by atoms with Crippen LogP contribution >= 0.6 is 0 Å². The van der Waals surface area contributed by atoms with E-state index in [4.69, 9.17) is 14.2 Å². The molecule has 0 bridgehead atoms. The number of aryl methyl sites for hydroxylation is 1. The number of ether oxygens (including phenoxy) is 3. The van der Waals surface area contributed by atoms with Gasteiger partial charge in [-0.2, -0.15) is 0 Å². The van der Waals surface area contributed by atoms with Gasteiger partial charge in [-0.05, 0) is 12.8 Å². The zero-order valence-electron chi connectivity index (χ0n) is 16.6. The Morgan fingerprint density at radius 2 is 1.75 bits per heavy atom. The molecule has 0 radical (unpaired) electrons. The van der Waals surface area contributed by atoms with E-state index in [9.17, 15) is 9.59 Å². The van der Waals surface area contributed by atoms with Crippen LogP contribution in [-0.4, -0.2) is 83.7 Å². The summed E-state index contributed by atoms with van der Waals surface area (Å²) in [4.78, 5) is 29.4. The second kappa shape index (κ2) is 7.71. The molecule has 28 heavy (non-hydrogen) atoms. The third kappa shape index (κ3) is 3.60. The average molecular weight is 392 g/mol. The molecule has 1 aromatic heterocycles. The van der Waals surface area contributed by atoms with Crippen molar-refractivity contribution in [1.29, 1.82) is 0 Å². The number of hydrogen-bond acceptors (Lipinski definition) is 6. The molecule has 1 aromatic rings. The van der Waals surface area contributed by atoms with Gasteiger partial charge in [0, 0.05) is 58.2 Å². The third-order valence-corrected chi connectivity index (χ3v) is 6.00. The lowest BCUT2D eigenvalue weighted by Crippen LogP contribution is -2.50. The average Bonchev–Trinajstić information content (AvgIpc) is 3.34. The Morgan fingerprint density at radius 3 is 2.36 bits per heavy atom. The number of amides is 2. The van der Waals surface area contributed by atoms with Crippen LogP contribution in [0.4, 0.5) is 0 Å². The predicted molar refractivity (Wildman–Crippen MR) is 98.8 cm³/mol. The zero-order chi connectivity index (χ0) is 19.7. The van der Waals surface area contributed by atoms with Crippen LogP contribution in [0, 0.1) is 5.92 Å². The number of likely N-dealkylation sites (tertiary alicyclic amines) is 2. The van der Waals surface area contributed by atoms with Crippen LogP contribution in [-0.2, 0) is 21.3 Å². The monoisotopic (exact) mass is 392 g/mol. The van der Waals surface area contributed by atoms with Crippen molar-refractivity contribution in [2.75, 3.05) is 46.5 Å². The molecule has 3 fully saturated rings. The van der Waals surface area contributed by atoms with Crippen LogP contribution in [0.2, 0.25) is 0 Å². The van der Waals surface area contributed by atoms with E-state index in [1.54, 1.807) is 22.8 Å². The van der Waals surface area contributed by atoms with E-state index < -0.39 is 5.79 Å². The molecule has 2 amide bonds. The highest BCUT2D eigenvalue weighted by atomic mass is 16.7. The fourth-order valence-corrected chi connectivity index (χ4v) is 4.38. The maximum absolute atomic E-state index is 12.9. The number of carbonyl (C=O) groups is 2. The standard InChI is InChI=1S/C19H28N4O5/c1-21-13-15(16(20-21)26-2)18(25)22-7-3-14(4-8-22)17(24)23-9-5-19(6-10-23)27-11-12-28-19/h13-14H,3-12H2,1-2H3. The van der Waals surface area contributed by atoms with Crippen LogP contribution < -0.4 is 4.74 Å². The summed E-state index contributed by atoms with van der Waals surface area (Å²) >= 11 is 0. The minimum absolute atomic E-state index is 0.0284. The van der Waals surface area contributed by atoms with Crippen LogP contribution in [0.5, 0.6) is 5.88 Å². The molecule has 9 nitrogen and oxygen atoms in total. The molecule has 0 aromatic carbocycles. The Balaban J connectivity index is 1.30. The summed E-state index contributed by atoms with van der Waals surface area (Å²) in [6, 6.07) is 0. The van der Waals surface area contributed by atoms with Gasteiger partial charge >= 0.3 is 0 Å². The van der Waals surface area contributed by atoms with Gasteiger partial charge < -0.3 is 24.0 Å². The molecule has 0 atom stereocenters. The largest absolute Gasteiger partial charge is 0.479 e. The summed E-state index contributed by atoms with van der Waals surface area (Å²) in [5, 5.41) is 4.15. The second-order valence-corrected chi connectivity index (χ2v) is 7.73. The highest BCUT2D eigenvalue weighted by molar-refractivity contribution is 5.96. The van der Waals surface area contributed by atoms with E-state index in [-0.39, 0.29) is 17.7 Å². The first-order chi connectivity index (χ1) is 13.5. The molecule has 3 aliphatic heterocycles. The molecule has 0 saturated carbocycles. The van der Waals surface area contributed by atoms with E-state index in [0.717, 1.165) is 12.8 Å². The van der Waals surface area contributed by atoms with E-state index in [2.05, 4.69) is 5.10 Å². The zero-order valence-corrected chi connectivity index (χ0v) is 16.6. The van der Waals surface area contributed by atoms with Crippen LogP contribution in [0.25, 0.3) is 0 Å². The molecular weight excluding hydrogens is 364 g/mol. The van der Waals surface area contributed by atoms with Gasteiger partial charge in [-0.25, -0.2) is 0 Å². The molecule has 3 aliphatic rings. The minimum atomic E-state index is -0.463. The lowest BCUT2D eigenvalue weighted by Gasteiger charge is -2.40. The van der Waals surface area contributed by atoms with Crippen molar-refractivity contribution in [2.45, 2.75) is 31.5 Å². The second-order valence-electron chi connectivity index (χ2n) is 7.73. The maximum Gasteiger partial charge on any atom is 0.260 e. The van der Waals surface area contributed by atoms with E-state index in [0.29, 0.717) is 63.7 Å². The molecule has 4 heterocycles. The van der Waals surface area contributed by atoms with Gasteiger partial charge in [0.1, 0.15) is 5.56 Å². The van der Waals surface area contributed by atoms with Crippen LogP contribution in [0.1, 0.15) is 36.0 Å². The highest BCUT2D eigenvalue weighted by Gasteiger charge is 2.42. The van der Waals surface area contributed by atoms with Gasteiger partial charge in [-0.3, -0.25) is 14.3 Å². The predicted octanol–water partition coefficient (Wildman–Crippen LogP) is 0.646. The summed E-state index contributed by atoms with van der Waals surface area (Å²) in [6.45, 7) is 3.76. The number of piperidine rings is 2. The Hall–Kier alpha value is -2.13. The van der Waals surface area contributed by atoms with Crippen molar-refractivity contribution in [1.82, 2.24) is 19.6 Å². The summed E-state index contributed by atoms with van der Waals surface area (Å²) in [5.74, 6) is -0.0520. The van der Waals surface area contributed by atoms with Crippen molar-refractivity contribution in [3.63, 3.8) is 0 Å². The lowest BCUT2D eigenvalue weighted by molar-refractivity contribution is -0.188. The molecule has 1 spiro atoms. The molecular formula is C19H28N4O5. The molecule has 4 rings (SSSR count). The van der Waals surface area contributed by atoms with E-state index in [1.807, 2.05) is 4.90 Å². The Bertz CT molecular complexity index is 725. The quantitative estimate of drug-likeness (QED) is 0.751. The van der Waals surface area contributed by atoms with Crippen molar-refractivity contribution in [3.05, 3.63) is 11.8 Å². The number of aromatic nitrogens is 2. The molecule has 9 heteroatoms. The third-order valence-electron chi connectivity index (χ3n) is 6.00. The number of hydrogen-bond donors (Lipinski definition) is 0. The van der Waals surface area contributed by atoms with E-state index in [1.165, 1.54) is 7.11 Å². The molecule has 154 valence electrons. The Morgan fingerprint density at radius 1 is 1.11 bits per heavy atom. The van der Waals surface area contributed by atoms with Gasteiger partial charge in [-0.15, -0.1) is 5.10 Å². The van der Waals surface area contributed by atoms with Gasteiger partial charge in [-0.1, -0.05) is 0 Å². The van der Waals surface area contributed by atoms with Crippen molar-refractivity contribution >= 4 is 11.8 Å². The number of nitrogens with zero attached hydrogens (tertiary/aromatic N) is 4. The van der Waals surface area contributed by atoms with E-state index >= 15 is 0 Å². The SMILES string of the molecule is COc1nn(C)cc1C(=O)N1CCC(C(=O)N2CCC3(CC2)OCCO3)CC1. The molecule has 3 saturated heterocycles. The van der Waals surface area contributed by atoms with Gasteiger partial charge in [0.2, 0.25) is 11.8 Å². The lowest BCUT2D eigenvalue weighted by atomic mass is 9.93. The first kappa shape index (κ1) is 19.2. The minimum Gasteiger partial charge on any atom is -0.479 e. The molecule has 0 aliphatic carbocycles. The fraction of sp³-hybridized carbons (Fsp3) is 0.737. The smallest absolute Gasteiger partial charge is 0.260 e. The number of methoxy groups -OCH3 is 1. The van der Waals surface area contributed by atoms with Crippen LogP contribution in [0.15, 0.2) is 6.20 Å². The van der Waals surface area contributed by atoms with Gasteiger partial charge in [0.15, 0.2) is 5.79 Å². The Kier molecular flexibility index (Phi) is 5.29.